The van der Waals surface area contributed by atoms with Crippen molar-refractivity contribution in [3.63, 3.8) is 0 Å². The van der Waals surface area contributed by atoms with Gasteiger partial charge in [-0.15, -0.1) is 0 Å². The van der Waals surface area contributed by atoms with Gasteiger partial charge in [0.25, 0.3) is 0 Å². The topological polar surface area (TPSA) is 0 Å². The number of quaternary nitrogens is 1. The number of likely N-dealkylation sites (tertiary alicyclic amines) is 1. The van der Waals surface area contributed by atoms with Crippen LogP contribution in [0.1, 0.15) is 110 Å². The van der Waals surface area contributed by atoms with Crippen molar-refractivity contribution in [2.45, 2.75) is 110 Å². The minimum atomic E-state index is 1.37. The van der Waals surface area contributed by atoms with Crippen LogP contribution >= 0.6 is 0 Å². The van der Waals surface area contributed by atoms with E-state index in [-0.39, 0.29) is 0 Å². The minimum Gasteiger partial charge on any atom is -0.324 e. The third kappa shape index (κ3) is 9.18. The highest BCUT2D eigenvalue weighted by Gasteiger charge is 2.30. The SMILES string of the molecule is CCCCCCCCCCCCC[N+]1(CCCC)CCCC1. The van der Waals surface area contributed by atoms with E-state index in [9.17, 15) is 0 Å². The standard InChI is InChI=1S/C21H44N/c1-3-5-7-8-9-10-11-12-13-14-15-19-22(18-6-4-2)20-16-17-21-22/h3-21H2,1-2H3/q+1. The summed E-state index contributed by atoms with van der Waals surface area (Å²) in [6, 6.07) is 0. The van der Waals surface area contributed by atoms with Crippen LogP contribution in [-0.2, 0) is 0 Å². The van der Waals surface area contributed by atoms with E-state index >= 15 is 0 Å². The molecule has 0 aromatic heterocycles. The highest BCUT2D eigenvalue weighted by molar-refractivity contribution is 4.56. The molecular weight excluding hydrogens is 266 g/mol. The zero-order valence-electron chi connectivity index (χ0n) is 15.9. The Bertz CT molecular complexity index is 230. The molecule has 1 heterocycles. The molecule has 0 atom stereocenters. The van der Waals surface area contributed by atoms with Gasteiger partial charge in [-0.3, -0.25) is 0 Å². The zero-order valence-corrected chi connectivity index (χ0v) is 15.9. The molecule has 1 rings (SSSR count). The van der Waals surface area contributed by atoms with Gasteiger partial charge in [-0.05, 0) is 19.3 Å². The molecular formula is C21H44N+. The Labute approximate surface area is 141 Å². The molecule has 0 N–H and O–H groups in total. The van der Waals surface area contributed by atoms with E-state index < -0.39 is 0 Å². The molecule has 1 fully saturated rings. The molecule has 0 bridgehead atoms. The molecule has 132 valence electrons. The van der Waals surface area contributed by atoms with Crippen LogP contribution in [0.15, 0.2) is 0 Å². The second-order valence-corrected chi connectivity index (χ2v) is 7.83. The van der Waals surface area contributed by atoms with E-state index in [0.29, 0.717) is 0 Å². The van der Waals surface area contributed by atoms with Gasteiger partial charge in [-0.1, -0.05) is 78.1 Å². The molecule has 0 aliphatic carbocycles. The van der Waals surface area contributed by atoms with Gasteiger partial charge in [0, 0.05) is 12.8 Å². The number of nitrogens with zero attached hydrogens (tertiary/aromatic N) is 1. The van der Waals surface area contributed by atoms with Crippen LogP contribution in [0, 0.1) is 0 Å². The molecule has 22 heavy (non-hydrogen) atoms. The predicted molar refractivity (Wildman–Crippen MR) is 100 cm³/mol. The van der Waals surface area contributed by atoms with Gasteiger partial charge in [-0.25, -0.2) is 0 Å². The van der Waals surface area contributed by atoms with Crippen LogP contribution in [0.5, 0.6) is 0 Å². The van der Waals surface area contributed by atoms with Gasteiger partial charge in [0.15, 0.2) is 0 Å². The number of hydrogen-bond acceptors (Lipinski definition) is 0. The van der Waals surface area contributed by atoms with Gasteiger partial charge in [0.2, 0.25) is 0 Å². The molecule has 0 aromatic carbocycles. The Morgan fingerprint density at radius 2 is 0.909 bits per heavy atom. The first-order valence-corrected chi connectivity index (χ1v) is 10.7. The summed E-state index contributed by atoms with van der Waals surface area (Å²) in [5.41, 5.74) is 0. The largest absolute Gasteiger partial charge is 0.324 e. The fraction of sp³-hybridized carbons (Fsp3) is 1.00. The molecule has 0 radical (unpaired) electrons. The maximum Gasteiger partial charge on any atom is 0.0788 e. The first kappa shape index (κ1) is 20.0. The summed E-state index contributed by atoms with van der Waals surface area (Å²) in [6.45, 7) is 10.6. The Balaban J connectivity index is 1.91. The van der Waals surface area contributed by atoms with Gasteiger partial charge >= 0.3 is 0 Å². The Morgan fingerprint density at radius 3 is 1.41 bits per heavy atom. The average Bonchev–Trinajstić information content (AvgIpc) is 3.00. The fourth-order valence-corrected chi connectivity index (χ4v) is 4.17. The van der Waals surface area contributed by atoms with Crippen LogP contribution in [0.25, 0.3) is 0 Å². The second-order valence-electron chi connectivity index (χ2n) is 7.83. The van der Waals surface area contributed by atoms with Crippen molar-refractivity contribution in [2.24, 2.45) is 0 Å². The fourth-order valence-electron chi connectivity index (χ4n) is 4.17. The molecule has 1 aliphatic heterocycles. The van der Waals surface area contributed by atoms with Crippen LogP contribution in [0.3, 0.4) is 0 Å². The van der Waals surface area contributed by atoms with E-state index in [0.717, 1.165) is 0 Å². The summed E-state index contributed by atoms with van der Waals surface area (Å²) in [6.07, 6.45) is 22.0. The highest BCUT2D eigenvalue weighted by atomic mass is 15.4. The van der Waals surface area contributed by atoms with Crippen molar-refractivity contribution < 1.29 is 4.48 Å². The van der Waals surface area contributed by atoms with Gasteiger partial charge in [-0.2, -0.15) is 0 Å². The summed E-state index contributed by atoms with van der Waals surface area (Å²) < 4.78 is 1.48. The molecule has 1 aliphatic rings. The van der Waals surface area contributed by atoms with E-state index in [2.05, 4.69) is 13.8 Å². The Hall–Kier alpha value is -0.0400. The minimum absolute atomic E-state index is 1.37. The number of hydrogen-bond donors (Lipinski definition) is 0. The van der Waals surface area contributed by atoms with Crippen molar-refractivity contribution in [1.82, 2.24) is 0 Å². The molecule has 0 saturated carbocycles. The number of unbranched alkanes of at least 4 members (excludes halogenated alkanes) is 11. The van der Waals surface area contributed by atoms with Crippen LogP contribution in [0.2, 0.25) is 0 Å². The Kier molecular flexibility index (Phi) is 12.2. The Morgan fingerprint density at radius 1 is 0.500 bits per heavy atom. The summed E-state index contributed by atoms with van der Waals surface area (Å²) in [7, 11) is 0. The molecule has 0 amide bonds. The first-order valence-electron chi connectivity index (χ1n) is 10.7. The van der Waals surface area contributed by atoms with Crippen LogP contribution in [0.4, 0.5) is 0 Å². The lowest BCUT2D eigenvalue weighted by Gasteiger charge is -2.34. The lowest BCUT2D eigenvalue weighted by Crippen LogP contribution is -2.46. The normalized spacial score (nSPS) is 17.2. The quantitative estimate of drug-likeness (QED) is 0.233. The van der Waals surface area contributed by atoms with Crippen LogP contribution < -0.4 is 0 Å². The summed E-state index contributed by atoms with van der Waals surface area (Å²) in [5, 5.41) is 0. The lowest BCUT2D eigenvalue weighted by molar-refractivity contribution is -0.917. The third-order valence-corrected chi connectivity index (χ3v) is 5.74. The van der Waals surface area contributed by atoms with E-state index in [1.54, 1.807) is 0 Å². The summed E-state index contributed by atoms with van der Waals surface area (Å²) in [5.74, 6) is 0. The maximum absolute atomic E-state index is 2.34. The summed E-state index contributed by atoms with van der Waals surface area (Å²) >= 11 is 0. The van der Waals surface area contributed by atoms with Crippen LogP contribution in [-0.4, -0.2) is 30.7 Å². The third-order valence-electron chi connectivity index (χ3n) is 5.74. The lowest BCUT2D eigenvalue weighted by atomic mass is 10.1. The molecule has 0 spiro atoms. The average molecular weight is 311 g/mol. The molecule has 0 unspecified atom stereocenters. The molecule has 1 heteroatoms. The van der Waals surface area contributed by atoms with Crippen molar-refractivity contribution in [3.05, 3.63) is 0 Å². The van der Waals surface area contributed by atoms with Crippen molar-refractivity contribution in [2.75, 3.05) is 26.2 Å². The molecule has 0 aromatic rings. The van der Waals surface area contributed by atoms with E-state index in [4.69, 9.17) is 0 Å². The van der Waals surface area contributed by atoms with Crippen molar-refractivity contribution >= 4 is 0 Å². The van der Waals surface area contributed by atoms with E-state index in [1.165, 1.54) is 127 Å². The van der Waals surface area contributed by atoms with Crippen molar-refractivity contribution in [3.8, 4) is 0 Å². The number of rotatable bonds is 15. The predicted octanol–water partition coefficient (Wildman–Crippen LogP) is 6.71. The summed E-state index contributed by atoms with van der Waals surface area (Å²) in [4.78, 5) is 0. The molecule has 1 nitrogen and oxygen atoms in total. The highest BCUT2D eigenvalue weighted by Crippen LogP contribution is 2.22. The second kappa shape index (κ2) is 13.4. The van der Waals surface area contributed by atoms with Gasteiger partial charge < -0.3 is 4.48 Å². The monoisotopic (exact) mass is 310 g/mol. The smallest absolute Gasteiger partial charge is 0.0788 e. The van der Waals surface area contributed by atoms with Gasteiger partial charge in [0.1, 0.15) is 0 Å². The van der Waals surface area contributed by atoms with Gasteiger partial charge in [0.05, 0.1) is 26.2 Å². The molecule has 1 saturated heterocycles. The zero-order chi connectivity index (χ0) is 15.9. The van der Waals surface area contributed by atoms with Crippen molar-refractivity contribution in [1.29, 1.82) is 0 Å². The van der Waals surface area contributed by atoms with E-state index in [1.807, 2.05) is 0 Å². The first-order chi connectivity index (χ1) is 10.8. The maximum atomic E-state index is 2.34.